The highest BCUT2D eigenvalue weighted by molar-refractivity contribution is 5.98. The van der Waals surface area contributed by atoms with E-state index in [0.29, 0.717) is 17.7 Å². The summed E-state index contributed by atoms with van der Waals surface area (Å²) in [5, 5.41) is 3.41. The first kappa shape index (κ1) is 12.7. The third kappa shape index (κ3) is 2.06. The first-order chi connectivity index (χ1) is 9.08. The summed E-state index contributed by atoms with van der Waals surface area (Å²) in [6, 6.07) is 0.281. The van der Waals surface area contributed by atoms with Gasteiger partial charge in [0.25, 0.3) is 0 Å². The van der Waals surface area contributed by atoms with Crippen LogP contribution in [0.1, 0.15) is 43.4 Å². The number of hydrogen-bond donors (Lipinski definition) is 2. The Hall–Kier alpha value is -1.36. The molecule has 2 aliphatic heterocycles. The predicted molar refractivity (Wildman–Crippen MR) is 76.5 cm³/mol. The molecule has 2 atom stereocenters. The number of aliphatic imine (C=N–C) groups is 1. The fourth-order valence-corrected chi connectivity index (χ4v) is 3.28. The molecule has 0 aliphatic carbocycles. The second-order valence-electron chi connectivity index (χ2n) is 6.08. The summed E-state index contributed by atoms with van der Waals surface area (Å²) in [5.74, 6) is 2.77. The minimum atomic E-state index is 0.281. The highest BCUT2D eigenvalue weighted by Crippen LogP contribution is 2.34. The van der Waals surface area contributed by atoms with Crippen LogP contribution in [0.15, 0.2) is 4.99 Å². The van der Waals surface area contributed by atoms with E-state index in [9.17, 15) is 0 Å². The number of aryl methyl sites for hydroxylation is 1. The molecule has 1 fully saturated rings. The highest BCUT2D eigenvalue weighted by atomic mass is 15.1. The van der Waals surface area contributed by atoms with Gasteiger partial charge < -0.3 is 15.6 Å². The van der Waals surface area contributed by atoms with Crippen molar-refractivity contribution in [3.8, 4) is 0 Å². The van der Waals surface area contributed by atoms with Gasteiger partial charge in [-0.15, -0.1) is 0 Å². The molecule has 0 bridgehead atoms. The first-order valence-electron chi connectivity index (χ1n) is 7.19. The summed E-state index contributed by atoms with van der Waals surface area (Å²) >= 11 is 0. The second kappa shape index (κ2) is 4.63. The Kier molecular flexibility index (Phi) is 3.09. The van der Waals surface area contributed by atoms with Crippen LogP contribution >= 0.6 is 0 Å². The number of nitrogens with zero attached hydrogens (tertiary/aromatic N) is 3. The molecule has 1 aromatic heterocycles. The fourth-order valence-electron chi connectivity index (χ4n) is 3.28. The van der Waals surface area contributed by atoms with E-state index in [4.69, 9.17) is 5.73 Å². The Bertz CT molecular complexity index is 514. The van der Waals surface area contributed by atoms with E-state index in [-0.39, 0.29) is 6.04 Å². The molecule has 19 heavy (non-hydrogen) atoms. The van der Waals surface area contributed by atoms with Crippen LogP contribution in [0, 0.1) is 12.8 Å². The molecular weight excluding hydrogens is 238 g/mol. The number of imidazole rings is 1. The van der Waals surface area contributed by atoms with E-state index in [1.807, 2.05) is 0 Å². The summed E-state index contributed by atoms with van der Waals surface area (Å²) in [5.41, 5.74) is 8.37. The van der Waals surface area contributed by atoms with Crippen molar-refractivity contribution in [2.24, 2.45) is 16.6 Å². The molecule has 0 saturated carbocycles. The number of nitrogens with two attached hydrogens (primary N) is 1. The average Bonchev–Trinajstić information content (AvgIpc) is 2.68. The van der Waals surface area contributed by atoms with Gasteiger partial charge in [-0.2, -0.15) is 0 Å². The molecule has 3 rings (SSSR count). The number of aromatic nitrogens is 2. The van der Waals surface area contributed by atoms with Crippen molar-refractivity contribution in [1.82, 2.24) is 14.9 Å². The lowest BCUT2D eigenvalue weighted by atomic mass is 9.86. The molecule has 0 amide bonds. The molecule has 3 heterocycles. The normalized spacial score (nSPS) is 26.0. The van der Waals surface area contributed by atoms with Crippen molar-refractivity contribution >= 4 is 5.84 Å². The van der Waals surface area contributed by atoms with Crippen LogP contribution in [0.5, 0.6) is 0 Å². The first-order valence-corrected chi connectivity index (χ1v) is 7.19. The van der Waals surface area contributed by atoms with Crippen LogP contribution in [-0.2, 0) is 6.54 Å². The van der Waals surface area contributed by atoms with Crippen molar-refractivity contribution in [3.63, 3.8) is 0 Å². The maximum Gasteiger partial charge on any atom is 0.146 e. The molecule has 5 nitrogen and oxygen atoms in total. The van der Waals surface area contributed by atoms with Crippen molar-refractivity contribution < 1.29 is 0 Å². The Morgan fingerprint density at radius 3 is 3.00 bits per heavy atom. The van der Waals surface area contributed by atoms with Gasteiger partial charge in [-0.1, -0.05) is 13.8 Å². The van der Waals surface area contributed by atoms with Gasteiger partial charge in [-0.05, 0) is 25.8 Å². The number of nitrogens with one attached hydrogen (secondary N) is 1. The van der Waals surface area contributed by atoms with E-state index in [2.05, 4.69) is 40.6 Å². The van der Waals surface area contributed by atoms with Crippen LogP contribution in [0.25, 0.3) is 0 Å². The Balaban J connectivity index is 2.09. The van der Waals surface area contributed by atoms with Gasteiger partial charge in [-0.25, -0.2) is 4.98 Å². The lowest BCUT2D eigenvalue weighted by molar-refractivity contribution is 0.374. The van der Waals surface area contributed by atoms with Gasteiger partial charge in [0.05, 0.1) is 11.7 Å². The van der Waals surface area contributed by atoms with Crippen LogP contribution in [0.4, 0.5) is 0 Å². The molecule has 5 heteroatoms. The predicted octanol–water partition coefficient (Wildman–Crippen LogP) is 1.01. The smallest absolute Gasteiger partial charge is 0.146 e. The average molecular weight is 261 g/mol. The van der Waals surface area contributed by atoms with E-state index < -0.39 is 0 Å². The Morgan fingerprint density at radius 2 is 2.26 bits per heavy atom. The molecule has 3 N–H and O–H groups in total. The van der Waals surface area contributed by atoms with Gasteiger partial charge in [-0.3, -0.25) is 4.99 Å². The Morgan fingerprint density at radius 1 is 1.47 bits per heavy atom. The van der Waals surface area contributed by atoms with Crippen molar-refractivity contribution in [2.45, 2.75) is 45.7 Å². The SMILES string of the molecule is Cc1nc2c(n1CC(C)C)C1CCNCC1N=C2N. The van der Waals surface area contributed by atoms with E-state index >= 15 is 0 Å². The maximum atomic E-state index is 6.11. The molecular formula is C14H23N5. The van der Waals surface area contributed by atoms with Crippen molar-refractivity contribution in [1.29, 1.82) is 0 Å². The number of piperidine rings is 1. The molecule has 0 spiro atoms. The number of amidine groups is 1. The minimum absolute atomic E-state index is 0.281. The van der Waals surface area contributed by atoms with Gasteiger partial charge in [0.1, 0.15) is 17.4 Å². The molecule has 0 aromatic carbocycles. The third-order valence-electron chi connectivity index (χ3n) is 4.09. The van der Waals surface area contributed by atoms with Gasteiger partial charge in [0, 0.05) is 19.0 Å². The zero-order valence-electron chi connectivity index (χ0n) is 12.0. The van der Waals surface area contributed by atoms with Crippen LogP contribution < -0.4 is 11.1 Å². The number of hydrogen-bond acceptors (Lipinski definition) is 4. The van der Waals surface area contributed by atoms with Crippen LogP contribution in [0.3, 0.4) is 0 Å². The quantitative estimate of drug-likeness (QED) is 0.835. The summed E-state index contributed by atoms with van der Waals surface area (Å²) < 4.78 is 2.37. The fraction of sp³-hybridized carbons (Fsp3) is 0.714. The molecule has 2 unspecified atom stereocenters. The van der Waals surface area contributed by atoms with Crippen molar-refractivity contribution in [2.75, 3.05) is 13.1 Å². The summed E-state index contributed by atoms with van der Waals surface area (Å²) in [7, 11) is 0. The van der Waals surface area contributed by atoms with E-state index in [1.54, 1.807) is 0 Å². The van der Waals surface area contributed by atoms with Crippen molar-refractivity contribution in [3.05, 3.63) is 17.2 Å². The molecule has 104 valence electrons. The van der Waals surface area contributed by atoms with Crippen LogP contribution in [0.2, 0.25) is 0 Å². The summed E-state index contributed by atoms with van der Waals surface area (Å²) in [6.07, 6.45) is 1.12. The molecule has 2 aliphatic rings. The number of fused-ring (bicyclic) bond motifs is 3. The molecule has 1 saturated heterocycles. The monoisotopic (exact) mass is 261 g/mol. The second-order valence-corrected chi connectivity index (χ2v) is 6.08. The molecule has 0 radical (unpaired) electrons. The maximum absolute atomic E-state index is 6.11. The topological polar surface area (TPSA) is 68.2 Å². The standard InChI is InChI=1S/C14H23N5/c1-8(2)7-19-9(3)17-12-13(19)10-4-5-16-6-11(10)18-14(12)15/h8,10-11,16H,4-7H2,1-3H3,(H2,15,18). The molecule has 1 aromatic rings. The lowest BCUT2D eigenvalue weighted by Crippen LogP contribution is -2.43. The van der Waals surface area contributed by atoms with E-state index in [1.165, 1.54) is 5.69 Å². The summed E-state index contributed by atoms with van der Waals surface area (Å²) in [4.78, 5) is 9.30. The minimum Gasteiger partial charge on any atom is -0.382 e. The summed E-state index contributed by atoms with van der Waals surface area (Å²) in [6.45, 7) is 9.55. The van der Waals surface area contributed by atoms with Gasteiger partial charge >= 0.3 is 0 Å². The van der Waals surface area contributed by atoms with Gasteiger partial charge in [0.15, 0.2) is 0 Å². The number of rotatable bonds is 2. The zero-order valence-corrected chi connectivity index (χ0v) is 12.0. The highest BCUT2D eigenvalue weighted by Gasteiger charge is 2.36. The lowest BCUT2D eigenvalue weighted by Gasteiger charge is -2.34. The van der Waals surface area contributed by atoms with E-state index in [0.717, 1.165) is 37.6 Å². The zero-order chi connectivity index (χ0) is 13.6. The third-order valence-corrected chi connectivity index (χ3v) is 4.09. The largest absolute Gasteiger partial charge is 0.382 e. The Labute approximate surface area is 114 Å². The van der Waals surface area contributed by atoms with Crippen LogP contribution in [-0.4, -0.2) is 34.5 Å². The van der Waals surface area contributed by atoms with Gasteiger partial charge in [0.2, 0.25) is 0 Å².